The molecule has 1 fully saturated rings. The molecule has 3 heteroatoms. The Labute approximate surface area is 127 Å². The van der Waals surface area contributed by atoms with Gasteiger partial charge in [-0.1, -0.05) is 30.3 Å². The third-order valence-electron chi connectivity index (χ3n) is 4.88. The lowest BCUT2D eigenvalue weighted by Gasteiger charge is -2.37. The highest BCUT2D eigenvalue weighted by Crippen LogP contribution is 2.38. The highest BCUT2D eigenvalue weighted by atomic mass is 15.3. The standard InChI is InChI=1S/C18H25N3/c1-14-12-17(21(2)20-14)13-18(19)10-8-16(9-11-18)15-6-4-3-5-7-15/h3-7,12,16H,8-11,13,19H2,1-2H3. The van der Waals surface area contributed by atoms with Gasteiger partial charge in [0.25, 0.3) is 0 Å². The molecule has 21 heavy (non-hydrogen) atoms. The first-order chi connectivity index (χ1) is 10.1. The molecule has 2 N–H and O–H groups in total. The van der Waals surface area contributed by atoms with Crippen LogP contribution in [0.1, 0.15) is 48.6 Å². The van der Waals surface area contributed by atoms with E-state index in [1.165, 1.54) is 24.1 Å². The normalized spacial score (nSPS) is 26.0. The second kappa shape index (κ2) is 5.64. The van der Waals surface area contributed by atoms with Crippen LogP contribution in [0.2, 0.25) is 0 Å². The maximum absolute atomic E-state index is 6.67. The van der Waals surface area contributed by atoms with E-state index in [4.69, 9.17) is 5.73 Å². The van der Waals surface area contributed by atoms with Crippen molar-refractivity contribution >= 4 is 0 Å². The minimum absolute atomic E-state index is 0.0640. The van der Waals surface area contributed by atoms with Crippen LogP contribution in [-0.2, 0) is 13.5 Å². The molecule has 1 aliphatic carbocycles. The topological polar surface area (TPSA) is 43.8 Å². The molecular weight excluding hydrogens is 258 g/mol. The summed E-state index contributed by atoms with van der Waals surface area (Å²) in [4.78, 5) is 0. The van der Waals surface area contributed by atoms with E-state index in [-0.39, 0.29) is 5.54 Å². The quantitative estimate of drug-likeness (QED) is 0.939. The minimum Gasteiger partial charge on any atom is -0.325 e. The van der Waals surface area contributed by atoms with Crippen LogP contribution < -0.4 is 5.73 Å². The van der Waals surface area contributed by atoms with Crippen LogP contribution in [0.25, 0.3) is 0 Å². The van der Waals surface area contributed by atoms with Crippen molar-refractivity contribution in [3.8, 4) is 0 Å². The molecule has 0 unspecified atom stereocenters. The van der Waals surface area contributed by atoms with Crippen LogP contribution in [-0.4, -0.2) is 15.3 Å². The lowest BCUT2D eigenvalue weighted by molar-refractivity contribution is 0.267. The van der Waals surface area contributed by atoms with Gasteiger partial charge < -0.3 is 5.73 Å². The van der Waals surface area contributed by atoms with E-state index < -0.39 is 0 Å². The van der Waals surface area contributed by atoms with Gasteiger partial charge in [-0.05, 0) is 50.2 Å². The Bertz CT molecular complexity index is 592. The number of nitrogens with two attached hydrogens (primary N) is 1. The number of aromatic nitrogens is 2. The Morgan fingerprint density at radius 3 is 2.48 bits per heavy atom. The van der Waals surface area contributed by atoms with Crippen molar-refractivity contribution < 1.29 is 0 Å². The monoisotopic (exact) mass is 283 g/mol. The van der Waals surface area contributed by atoms with Crippen LogP contribution in [0.3, 0.4) is 0 Å². The van der Waals surface area contributed by atoms with Gasteiger partial charge >= 0.3 is 0 Å². The summed E-state index contributed by atoms with van der Waals surface area (Å²) >= 11 is 0. The Morgan fingerprint density at radius 1 is 1.24 bits per heavy atom. The molecule has 0 atom stereocenters. The van der Waals surface area contributed by atoms with Crippen LogP contribution in [0.5, 0.6) is 0 Å². The Balaban J connectivity index is 1.65. The molecule has 1 aromatic heterocycles. The van der Waals surface area contributed by atoms with Crippen molar-refractivity contribution in [1.29, 1.82) is 0 Å². The lowest BCUT2D eigenvalue weighted by Crippen LogP contribution is -2.45. The molecule has 0 radical (unpaired) electrons. The Morgan fingerprint density at radius 2 is 1.90 bits per heavy atom. The zero-order valence-electron chi connectivity index (χ0n) is 13.0. The van der Waals surface area contributed by atoms with Gasteiger partial charge in [0.2, 0.25) is 0 Å². The summed E-state index contributed by atoms with van der Waals surface area (Å²) < 4.78 is 1.98. The van der Waals surface area contributed by atoms with Crippen LogP contribution in [0, 0.1) is 6.92 Å². The summed E-state index contributed by atoms with van der Waals surface area (Å²) in [7, 11) is 2.02. The number of aryl methyl sites for hydroxylation is 2. The van der Waals surface area contributed by atoms with Gasteiger partial charge in [0, 0.05) is 24.7 Å². The number of rotatable bonds is 3. The van der Waals surface area contributed by atoms with Gasteiger partial charge in [-0.25, -0.2) is 0 Å². The van der Waals surface area contributed by atoms with E-state index in [1.54, 1.807) is 0 Å². The molecule has 3 nitrogen and oxygen atoms in total. The van der Waals surface area contributed by atoms with E-state index in [2.05, 4.69) is 41.5 Å². The highest BCUT2D eigenvalue weighted by Gasteiger charge is 2.33. The lowest BCUT2D eigenvalue weighted by atomic mass is 9.73. The van der Waals surface area contributed by atoms with E-state index in [1.807, 2.05) is 18.7 Å². The fraction of sp³-hybridized carbons (Fsp3) is 0.500. The molecule has 0 bridgehead atoms. The average Bonchev–Trinajstić information content (AvgIpc) is 2.78. The van der Waals surface area contributed by atoms with Gasteiger partial charge in [-0.2, -0.15) is 5.10 Å². The molecule has 1 aliphatic rings. The summed E-state index contributed by atoms with van der Waals surface area (Å²) in [5.41, 5.74) is 10.4. The summed E-state index contributed by atoms with van der Waals surface area (Å²) in [6.07, 6.45) is 5.51. The van der Waals surface area contributed by atoms with Crippen molar-refractivity contribution in [2.75, 3.05) is 0 Å². The molecular formula is C18H25N3. The number of hydrogen-bond donors (Lipinski definition) is 1. The molecule has 3 rings (SSSR count). The summed E-state index contributed by atoms with van der Waals surface area (Å²) in [6, 6.07) is 13.0. The number of hydrogen-bond acceptors (Lipinski definition) is 2. The Hall–Kier alpha value is -1.61. The van der Waals surface area contributed by atoms with E-state index in [0.717, 1.165) is 25.0 Å². The average molecular weight is 283 g/mol. The molecule has 0 amide bonds. The molecule has 1 aromatic carbocycles. The van der Waals surface area contributed by atoms with Gasteiger partial charge in [0.1, 0.15) is 0 Å². The first kappa shape index (κ1) is 14.3. The summed E-state index contributed by atoms with van der Waals surface area (Å²) in [6.45, 7) is 2.04. The Kier molecular flexibility index (Phi) is 3.85. The number of nitrogens with zero attached hydrogens (tertiary/aromatic N) is 2. The zero-order valence-corrected chi connectivity index (χ0v) is 13.0. The van der Waals surface area contributed by atoms with E-state index >= 15 is 0 Å². The smallest absolute Gasteiger partial charge is 0.0596 e. The second-order valence-electron chi connectivity index (χ2n) is 6.62. The molecule has 0 saturated heterocycles. The highest BCUT2D eigenvalue weighted by molar-refractivity contribution is 5.21. The molecule has 112 valence electrons. The fourth-order valence-corrected chi connectivity index (χ4v) is 3.62. The van der Waals surface area contributed by atoms with Crippen LogP contribution in [0.4, 0.5) is 0 Å². The molecule has 2 aromatic rings. The maximum Gasteiger partial charge on any atom is 0.0596 e. The first-order valence-corrected chi connectivity index (χ1v) is 7.89. The third kappa shape index (κ3) is 3.18. The minimum atomic E-state index is -0.0640. The predicted molar refractivity (Wildman–Crippen MR) is 86.2 cm³/mol. The van der Waals surface area contributed by atoms with Crippen molar-refractivity contribution in [1.82, 2.24) is 9.78 Å². The van der Waals surface area contributed by atoms with Gasteiger partial charge in [0.15, 0.2) is 0 Å². The predicted octanol–water partition coefficient (Wildman–Crippen LogP) is 3.33. The van der Waals surface area contributed by atoms with Gasteiger partial charge in [0.05, 0.1) is 5.69 Å². The van der Waals surface area contributed by atoms with Crippen molar-refractivity contribution in [2.45, 2.75) is 50.5 Å². The maximum atomic E-state index is 6.67. The molecule has 0 spiro atoms. The summed E-state index contributed by atoms with van der Waals surface area (Å²) in [5, 5.41) is 4.43. The fourth-order valence-electron chi connectivity index (χ4n) is 3.62. The van der Waals surface area contributed by atoms with Gasteiger partial charge in [-0.3, -0.25) is 4.68 Å². The zero-order chi connectivity index (χ0) is 14.9. The SMILES string of the molecule is Cc1cc(CC2(N)CCC(c3ccccc3)CC2)n(C)n1. The molecule has 1 saturated carbocycles. The molecule has 1 heterocycles. The van der Waals surface area contributed by atoms with Crippen LogP contribution in [0.15, 0.2) is 36.4 Å². The third-order valence-corrected chi connectivity index (χ3v) is 4.88. The molecule has 0 aliphatic heterocycles. The second-order valence-corrected chi connectivity index (χ2v) is 6.62. The van der Waals surface area contributed by atoms with Crippen molar-refractivity contribution in [3.63, 3.8) is 0 Å². The van der Waals surface area contributed by atoms with E-state index in [0.29, 0.717) is 5.92 Å². The van der Waals surface area contributed by atoms with E-state index in [9.17, 15) is 0 Å². The van der Waals surface area contributed by atoms with Gasteiger partial charge in [-0.15, -0.1) is 0 Å². The number of benzene rings is 1. The van der Waals surface area contributed by atoms with Crippen LogP contribution >= 0.6 is 0 Å². The van der Waals surface area contributed by atoms with Crippen molar-refractivity contribution in [2.24, 2.45) is 12.8 Å². The van der Waals surface area contributed by atoms with Crippen molar-refractivity contribution in [3.05, 3.63) is 53.3 Å². The summed E-state index contributed by atoms with van der Waals surface area (Å²) in [5.74, 6) is 0.677. The largest absolute Gasteiger partial charge is 0.325 e. The first-order valence-electron chi connectivity index (χ1n) is 7.89.